The van der Waals surface area contributed by atoms with Gasteiger partial charge in [-0.1, -0.05) is 11.6 Å². The molecule has 4 N–H and O–H groups in total. The van der Waals surface area contributed by atoms with Crippen molar-refractivity contribution in [1.29, 1.82) is 0 Å². The molecule has 5 amide bonds. The Morgan fingerprint density at radius 1 is 1.33 bits per heavy atom. The Hall–Kier alpha value is -3.03. The number of amides is 5. The summed E-state index contributed by atoms with van der Waals surface area (Å²) in [5.74, 6) is -0.267. The minimum Gasteiger partial charge on any atom is -0.358 e. The zero-order valence-corrected chi connectivity index (χ0v) is 15.2. The van der Waals surface area contributed by atoms with Crippen LogP contribution in [0.15, 0.2) is 18.2 Å². The average Bonchev–Trinajstić information content (AvgIpc) is 3.15. The molecule has 1 unspecified atom stereocenters. The van der Waals surface area contributed by atoms with E-state index in [1.807, 2.05) is 0 Å². The molecule has 1 aliphatic carbocycles. The third-order valence-electron chi connectivity index (χ3n) is 5.24. The molecule has 1 aromatic carbocycles. The second-order valence-corrected chi connectivity index (χ2v) is 7.18. The van der Waals surface area contributed by atoms with Crippen molar-refractivity contribution in [3.63, 3.8) is 0 Å². The van der Waals surface area contributed by atoms with Crippen molar-refractivity contribution < 1.29 is 14.4 Å². The van der Waals surface area contributed by atoms with Gasteiger partial charge in [0.2, 0.25) is 5.91 Å². The molecular formula is C19H23N5O3. The van der Waals surface area contributed by atoms with Crippen molar-refractivity contribution in [1.82, 2.24) is 25.8 Å². The molecule has 142 valence electrons. The van der Waals surface area contributed by atoms with E-state index >= 15 is 0 Å². The zero-order valence-electron chi connectivity index (χ0n) is 15.2. The molecule has 0 spiro atoms. The van der Waals surface area contributed by atoms with Crippen LogP contribution in [0.5, 0.6) is 0 Å². The molecule has 2 heterocycles. The number of nitrogens with zero attached hydrogens (tertiary/aromatic N) is 1. The number of carbonyl (C=O) groups is 3. The lowest BCUT2D eigenvalue weighted by atomic mass is 9.91. The van der Waals surface area contributed by atoms with E-state index in [1.54, 1.807) is 0 Å². The minimum atomic E-state index is -0.406. The van der Waals surface area contributed by atoms with Crippen LogP contribution in [0.2, 0.25) is 0 Å². The molecule has 27 heavy (non-hydrogen) atoms. The van der Waals surface area contributed by atoms with Gasteiger partial charge in [0.25, 0.3) is 0 Å². The van der Waals surface area contributed by atoms with Crippen molar-refractivity contribution in [3.8, 4) is 0 Å². The number of hydrogen-bond acceptors (Lipinski definition) is 3. The van der Waals surface area contributed by atoms with Gasteiger partial charge in [-0.25, -0.2) is 9.59 Å². The van der Waals surface area contributed by atoms with Crippen LogP contribution in [0.3, 0.4) is 0 Å². The minimum absolute atomic E-state index is 0.0273. The van der Waals surface area contributed by atoms with Gasteiger partial charge in [0, 0.05) is 35.7 Å². The molecule has 0 radical (unpaired) electrons. The largest absolute Gasteiger partial charge is 0.358 e. The lowest BCUT2D eigenvalue weighted by molar-refractivity contribution is -0.124. The number of benzene rings is 1. The summed E-state index contributed by atoms with van der Waals surface area (Å²) in [6, 6.07) is 5.77. The Morgan fingerprint density at radius 3 is 2.96 bits per heavy atom. The SMILES string of the molecule is Cc1ccc2[nH]c3c(c2c1)CC(NC(=O)NCCN1C(=O)CNC1=O)CC3. The molecule has 2 aliphatic rings. The number of urea groups is 2. The predicted octanol–water partition coefficient (Wildman–Crippen LogP) is 1.18. The van der Waals surface area contributed by atoms with Crippen LogP contribution in [0, 0.1) is 6.92 Å². The Morgan fingerprint density at radius 2 is 2.19 bits per heavy atom. The molecule has 2 aromatic rings. The van der Waals surface area contributed by atoms with Crippen LogP contribution in [-0.2, 0) is 17.6 Å². The fraction of sp³-hybridized carbons (Fsp3) is 0.421. The summed E-state index contributed by atoms with van der Waals surface area (Å²) in [5.41, 5.74) is 4.90. The number of imide groups is 1. The van der Waals surface area contributed by atoms with Crippen LogP contribution >= 0.6 is 0 Å². The lowest BCUT2D eigenvalue weighted by Crippen LogP contribution is -2.47. The fourth-order valence-corrected chi connectivity index (χ4v) is 3.85. The summed E-state index contributed by atoms with van der Waals surface area (Å²) in [6.07, 6.45) is 2.56. The first-order valence-corrected chi connectivity index (χ1v) is 9.24. The summed E-state index contributed by atoms with van der Waals surface area (Å²) >= 11 is 0. The highest BCUT2D eigenvalue weighted by molar-refractivity contribution is 6.01. The molecule has 1 aliphatic heterocycles. The monoisotopic (exact) mass is 369 g/mol. The molecule has 0 bridgehead atoms. The van der Waals surface area contributed by atoms with Gasteiger partial charge in [-0.2, -0.15) is 0 Å². The summed E-state index contributed by atoms with van der Waals surface area (Å²) in [6.45, 7) is 2.51. The molecule has 1 atom stereocenters. The van der Waals surface area contributed by atoms with E-state index in [0.29, 0.717) is 0 Å². The molecule has 8 nitrogen and oxygen atoms in total. The molecule has 0 saturated carbocycles. The summed E-state index contributed by atoms with van der Waals surface area (Å²) in [5, 5.41) is 9.43. The van der Waals surface area contributed by atoms with Gasteiger partial charge in [0.15, 0.2) is 0 Å². The van der Waals surface area contributed by atoms with Gasteiger partial charge in [-0.15, -0.1) is 0 Å². The van der Waals surface area contributed by atoms with E-state index < -0.39 is 6.03 Å². The molecule has 8 heteroatoms. The quantitative estimate of drug-likeness (QED) is 0.608. The number of H-pyrrole nitrogens is 1. The number of aromatic nitrogens is 1. The highest BCUT2D eigenvalue weighted by Crippen LogP contribution is 2.29. The zero-order chi connectivity index (χ0) is 19.0. The van der Waals surface area contributed by atoms with E-state index in [1.165, 1.54) is 22.2 Å². The van der Waals surface area contributed by atoms with Crippen molar-refractivity contribution in [2.45, 2.75) is 32.2 Å². The van der Waals surface area contributed by atoms with Crippen molar-refractivity contribution in [3.05, 3.63) is 35.0 Å². The van der Waals surface area contributed by atoms with Gasteiger partial charge in [-0.3, -0.25) is 9.69 Å². The van der Waals surface area contributed by atoms with E-state index in [4.69, 9.17) is 0 Å². The van der Waals surface area contributed by atoms with Crippen molar-refractivity contribution in [2.75, 3.05) is 19.6 Å². The first-order chi connectivity index (χ1) is 13.0. The van der Waals surface area contributed by atoms with Gasteiger partial charge in [0.1, 0.15) is 0 Å². The summed E-state index contributed by atoms with van der Waals surface area (Å²) < 4.78 is 0. The topological polar surface area (TPSA) is 106 Å². The van der Waals surface area contributed by atoms with E-state index in [9.17, 15) is 14.4 Å². The highest BCUT2D eigenvalue weighted by Gasteiger charge is 2.28. The maximum absolute atomic E-state index is 12.2. The van der Waals surface area contributed by atoms with Gasteiger partial charge in [-0.05, 0) is 43.9 Å². The number of nitrogens with one attached hydrogen (secondary N) is 4. The Balaban J connectivity index is 1.32. The summed E-state index contributed by atoms with van der Waals surface area (Å²) in [4.78, 5) is 39.8. The van der Waals surface area contributed by atoms with E-state index in [0.717, 1.165) is 29.7 Å². The van der Waals surface area contributed by atoms with Gasteiger partial charge >= 0.3 is 12.1 Å². The average molecular weight is 369 g/mol. The first-order valence-electron chi connectivity index (χ1n) is 9.24. The molecule has 1 saturated heterocycles. The third-order valence-corrected chi connectivity index (χ3v) is 5.24. The number of aryl methyl sites for hydroxylation is 2. The Bertz CT molecular complexity index is 903. The van der Waals surface area contributed by atoms with Crippen LogP contribution in [0.1, 0.15) is 23.2 Å². The summed E-state index contributed by atoms with van der Waals surface area (Å²) in [7, 11) is 0. The van der Waals surface area contributed by atoms with Gasteiger partial charge < -0.3 is 20.9 Å². The van der Waals surface area contributed by atoms with Gasteiger partial charge in [0.05, 0.1) is 6.54 Å². The van der Waals surface area contributed by atoms with E-state index in [2.05, 4.69) is 46.1 Å². The normalized spacial score (nSPS) is 19.1. The second kappa shape index (κ2) is 6.94. The molecule has 1 fully saturated rings. The number of rotatable bonds is 4. The first kappa shape index (κ1) is 17.4. The van der Waals surface area contributed by atoms with Crippen LogP contribution in [-0.4, -0.2) is 53.5 Å². The molecular weight excluding hydrogens is 346 g/mol. The fourth-order valence-electron chi connectivity index (χ4n) is 3.85. The van der Waals surface area contributed by atoms with Crippen LogP contribution < -0.4 is 16.0 Å². The smallest absolute Gasteiger partial charge is 0.324 e. The number of fused-ring (bicyclic) bond motifs is 3. The van der Waals surface area contributed by atoms with Crippen LogP contribution in [0.25, 0.3) is 10.9 Å². The molecule has 1 aromatic heterocycles. The third kappa shape index (κ3) is 3.47. The van der Waals surface area contributed by atoms with Crippen molar-refractivity contribution >= 4 is 28.9 Å². The standard InChI is InChI=1S/C19H23N5O3/c1-11-2-4-15-13(8-11)14-9-12(3-5-16(14)23-15)22-18(26)20-6-7-24-17(25)10-21-19(24)27/h2,4,8,12,23H,3,5-7,9-10H2,1H3,(H,21,27)(H2,20,22,26). The predicted molar refractivity (Wildman–Crippen MR) is 100 cm³/mol. The highest BCUT2D eigenvalue weighted by atomic mass is 16.2. The van der Waals surface area contributed by atoms with Crippen molar-refractivity contribution in [2.24, 2.45) is 0 Å². The van der Waals surface area contributed by atoms with E-state index in [-0.39, 0.29) is 37.6 Å². The molecule has 4 rings (SSSR count). The second-order valence-electron chi connectivity index (χ2n) is 7.18. The number of aromatic amines is 1. The Kier molecular flexibility index (Phi) is 4.47. The van der Waals surface area contributed by atoms with Crippen LogP contribution in [0.4, 0.5) is 9.59 Å². The Labute approximate surface area is 156 Å². The number of hydrogen-bond donors (Lipinski definition) is 4. The maximum Gasteiger partial charge on any atom is 0.324 e. The number of carbonyl (C=O) groups excluding carboxylic acids is 3. The maximum atomic E-state index is 12.2. The lowest BCUT2D eigenvalue weighted by Gasteiger charge is -2.24.